The van der Waals surface area contributed by atoms with E-state index in [4.69, 9.17) is 5.73 Å². The summed E-state index contributed by atoms with van der Waals surface area (Å²) in [7, 11) is 0. The monoisotopic (exact) mass is 253 g/mol. The lowest BCUT2D eigenvalue weighted by Gasteiger charge is -2.25. The zero-order valence-electron chi connectivity index (χ0n) is 11.0. The molecule has 19 heavy (non-hydrogen) atoms. The van der Waals surface area contributed by atoms with Gasteiger partial charge in [0, 0.05) is 30.9 Å². The Hall–Kier alpha value is -1.87. The number of hydrogen-bond acceptors (Lipinski definition) is 3. The summed E-state index contributed by atoms with van der Waals surface area (Å²) in [5.74, 6) is 1.05. The summed E-state index contributed by atoms with van der Waals surface area (Å²) in [6, 6.07) is 15.2. The number of nitrogens with two attached hydrogens (primary N) is 1. The van der Waals surface area contributed by atoms with Gasteiger partial charge in [-0.2, -0.15) is 0 Å². The molecule has 1 aromatic heterocycles. The average Bonchev–Trinajstić information content (AvgIpc) is 3.30. The largest absolute Gasteiger partial charge is 0.349 e. The highest BCUT2D eigenvalue weighted by molar-refractivity contribution is 5.49. The average molecular weight is 253 g/mol. The van der Waals surface area contributed by atoms with Crippen LogP contribution in [0.25, 0.3) is 0 Å². The van der Waals surface area contributed by atoms with E-state index < -0.39 is 0 Å². The van der Waals surface area contributed by atoms with Crippen LogP contribution in [0, 0.1) is 0 Å². The first-order valence-electron chi connectivity index (χ1n) is 6.83. The van der Waals surface area contributed by atoms with E-state index in [0.717, 1.165) is 17.9 Å². The van der Waals surface area contributed by atoms with Crippen LogP contribution in [-0.2, 0) is 13.1 Å². The van der Waals surface area contributed by atoms with Crippen molar-refractivity contribution < 1.29 is 0 Å². The predicted octanol–water partition coefficient (Wildman–Crippen LogP) is 2.71. The maximum absolute atomic E-state index is 5.84. The molecule has 98 valence electrons. The molecule has 2 aromatic rings. The molecule has 1 aromatic carbocycles. The lowest BCUT2D eigenvalue weighted by atomic mass is 10.2. The fourth-order valence-corrected chi connectivity index (χ4v) is 2.39. The Morgan fingerprint density at radius 3 is 2.58 bits per heavy atom. The molecule has 3 heteroatoms. The summed E-state index contributed by atoms with van der Waals surface area (Å²) in [5.41, 5.74) is 8.29. The second-order valence-electron chi connectivity index (χ2n) is 5.03. The molecule has 3 nitrogen and oxygen atoms in total. The van der Waals surface area contributed by atoms with Crippen molar-refractivity contribution in [1.82, 2.24) is 4.98 Å². The topological polar surface area (TPSA) is 42.1 Å². The second-order valence-corrected chi connectivity index (χ2v) is 5.03. The van der Waals surface area contributed by atoms with Gasteiger partial charge in [-0.1, -0.05) is 36.4 Å². The van der Waals surface area contributed by atoms with Gasteiger partial charge in [0.15, 0.2) is 0 Å². The van der Waals surface area contributed by atoms with Gasteiger partial charge in [-0.25, -0.2) is 4.98 Å². The highest BCUT2D eigenvalue weighted by atomic mass is 15.2. The summed E-state index contributed by atoms with van der Waals surface area (Å²) < 4.78 is 0. The molecular weight excluding hydrogens is 234 g/mol. The standard InChI is InChI=1S/C16H19N3/c17-11-14-7-4-10-18-16(14)19(15-8-9-15)12-13-5-2-1-3-6-13/h1-7,10,15H,8-9,11-12,17H2. The molecule has 1 saturated carbocycles. The lowest BCUT2D eigenvalue weighted by Crippen LogP contribution is -2.27. The van der Waals surface area contributed by atoms with Crippen LogP contribution >= 0.6 is 0 Å². The van der Waals surface area contributed by atoms with Gasteiger partial charge in [-0.15, -0.1) is 0 Å². The minimum absolute atomic E-state index is 0.543. The van der Waals surface area contributed by atoms with Crippen LogP contribution in [0.5, 0.6) is 0 Å². The normalized spacial score (nSPS) is 14.4. The van der Waals surface area contributed by atoms with Crippen molar-refractivity contribution in [1.29, 1.82) is 0 Å². The molecule has 1 heterocycles. The molecule has 0 aliphatic heterocycles. The molecular formula is C16H19N3. The van der Waals surface area contributed by atoms with Crippen LogP contribution in [0.2, 0.25) is 0 Å². The summed E-state index contributed by atoms with van der Waals surface area (Å²) >= 11 is 0. The van der Waals surface area contributed by atoms with E-state index in [1.165, 1.54) is 18.4 Å². The van der Waals surface area contributed by atoms with E-state index in [2.05, 4.69) is 46.3 Å². The van der Waals surface area contributed by atoms with Crippen molar-refractivity contribution in [2.24, 2.45) is 5.73 Å². The molecule has 1 fully saturated rings. The van der Waals surface area contributed by atoms with Crippen LogP contribution in [0.3, 0.4) is 0 Å². The number of benzene rings is 1. The summed E-state index contributed by atoms with van der Waals surface area (Å²) in [5, 5.41) is 0. The molecule has 0 unspecified atom stereocenters. The fraction of sp³-hybridized carbons (Fsp3) is 0.312. The minimum atomic E-state index is 0.543. The molecule has 3 rings (SSSR count). The summed E-state index contributed by atoms with van der Waals surface area (Å²) in [6.45, 7) is 1.46. The Morgan fingerprint density at radius 2 is 1.89 bits per heavy atom. The smallest absolute Gasteiger partial charge is 0.133 e. The molecule has 0 atom stereocenters. The first kappa shape index (κ1) is 12.2. The van der Waals surface area contributed by atoms with Crippen LogP contribution in [0.15, 0.2) is 48.7 Å². The van der Waals surface area contributed by atoms with Crippen molar-refractivity contribution >= 4 is 5.82 Å². The Morgan fingerprint density at radius 1 is 1.11 bits per heavy atom. The predicted molar refractivity (Wildman–Crippen MR) is 77.8 cm³/mol. The van der Waals surface area contributed by atoms with Gasteiger partial charge in [-0.05, 0) is 24.5 Å². The third-order valence-corrected chi connectivity index (χ3v) is 3.54. The van der Waals surface area contributed by atoms with E-state index in [1.807, 2.05) is 12.3 Å². The van der Waals surface area contributed by atoms with Crippen molar-refractivity contribution in [3.05, 3.63) is 59.8 Å². The minimum Gasteiger partial charge on any atom is -0.349 e. The number of rotatable bonds is 5. The van der Waals surface area contributed by atoms with Crippen molar-refractivity contribution in [2.75, 3.05) is 4.90 Å². The Labute approximate surface area is 114 Å². The number of pyridine rings is 1. The van der Waals surface area contributed by atoms with Crippen LogP contribution in [-0.4, -0.2) is 11.0 Å². The molecule has 1 aliphatic carbocycles. The summed E-state index contributed by atoms with van der Waals surface area (Å²) in [6.07, 6.45) is 4.37. The maximum Gasteiger partial charge on any atom is 0.133 e. The van der Waals surface area contributed by atoms with Gasteiger partial charge in [0.2, 0.25) is 0 Å². The molecule has 0 spiro atoms. The Balaban J connectivity index is 1.89. The zero-order chi connectivity index (χ0) is 13.1. The van der Waals surface area contributed by atoms with Crippen molar-refractivity contribution in [3.63, 3.8) is 0 Å². The quantitative estimate of drug-likeness (QED) is 0.891. The van der Waals surface area contributed by atoms with Crippen molar-refractivity contribution in [3.8, 4) is 0 Å². The number of anilines is 1. The second kappa shape index (κ2) is 5.41. The zero-order valence-corrected chi connectivity index (χ0v) is 11.0. The number of hydrogen-bond donors (Lipinski definition) is 1. The van der Waals surface area contributed by atoms with E-state index in [0.29, 0.717) is 12.6 Å². The van der Waals surface area contributed by atoms with Gasteiger partial charge in [0.1, 0.15) is 5.82 Å². The first-order chi connectivity index (χ1) is 9.38. The third-order valence-electron chi connectivity index (χ3n) is 3.54. The summed E-state index contributed by atoms with van der Waals surface area (Å²) in [4.78, 5) is 6.95. The van der Waals surface area contributed by atoms with Gasteiger partial charge in [0.05, 0.1) is 0 Å². The van der Waals surface area contributed by atoms with E-state index in [1.54, 1.807) is 0 Å². The van der Waals surface area contributed by atoms with Crippen LogP contribution < -0.4 is 10.6 Å². The lowest BCUT2D eigenvalue weighted by molar-refractivity contribution is 0.768. The number of nitrogens with zero attached hydrogens (tertiary/aromatic N) is 2. The Bertz CT molecular complexity index is 535. The highest BCUT2D eigenvalue weighted by Crippen LogP contribution is 2.33. The molecule has 0 radical (unpaired) electrons. The Kier molecular flexibility index (Phi) is 3.47. The van der Waals surface area contributed by atoms with Gasteiger partial charge in [-0.3, -0.25) is 0 Å². The fourth-order valence-electron chi connectivity index (χ4n) is 2.39. The maximum atomic E-state index is 5.84. The van der Waals surface area contributed by atoms with Gasteiger partial charge < -0.3 is 10.6 Å². The third kappa shape index (κ3) is 2.76. The van der Waals surface area contributed by atoms with Gasteiger partial charge in [0.25, 0.3) is 0 Å². The van der Waals surface area contributed by atoms with Crippen molar-refractivity contribution in [2.45, 2.75) is 32.0 Å². The highest BCUT2D eigenvalue weighted by Gasteiger charge is 2.30. The molecule has 0 bridgehead atoms. The van der Waals surface area contributed by atoms with Gasteiger partial charge >= 0.3 is 0 Å². The SMILES string of the molecule is NCc1cccnc1N(Cc1ccccc1)C1CC1. The molecule has 2 N–H and O–H groups in total. The molecule has 0 saturated heterocycles. The first-order valence-corrected chi connectivity index (χ1v) is 6.83. The van der Waals surface area contributed by atoms with E-state index in [9.17, 15) is 0 Å². The van der Waals surface area contributed by atoms with E-state index in [-0.39, 0.29) is 0 Å². The number of aromatic nitrogens is 1. The van der Waals surface area contributed by atoms with Crippen LogP contribution in [0.1, 0.15) is 24.0 Å². The van der Waals surface area contributed by atoms with E-state index >= 15 is 0 Å². The molecule has 0 amide bonds. The van der Waals surface area contributed by atoms with Crippen LogP contribution in [0.4, 0.5) is 5.82 Å². The molecule has 1 aliphatic rings.